The van der Waals surface area contributed by atoms with E-state index in [2.05, 4.69) is 9.88 Å². The molecule has 178 valence electrons. The molecule has 0 unspecified atom stereocenters. The Kier molecular flexibility index (Phi) is 7.63. The van der Waals surface area contributed by atoms with E-state index in [0.29, 0.717) is 24.6 Å². The first-order valence-electron chi connectivity index (χ1n) is 12.3. The van der Waals surface area contributed by atoms with Crippen molar-refractivity contribution in [3.63, 3.8) is 0 Å². The molecule has 5 nitrogen and oxygen atoms in total. The summed E-state index contributed by atoms with van der Waals surface area (Å²) in [5.74, 6) is 1.44. The van der Waals surface area contributed by atoms with Crippen LogP contribution in [0.2, 0.25) is 0 Å². The topological polar surface area (TPSA) is 45.7 Å². The molecule has 2 aliphatic heterocycles. The predicted octanol–water partition coefficient (Wildman–Crippen LogP) is 5.21. The number of pyridine rings is 1. The molecule has 1 amide bonds. The molecule has 0 bridgehead atoms. The van der Waals surface area contributed by atoms with E-state index in [-0.39, 0.29) is 5.91 Å². The smallest absolute Gasteiger partial charge is 0.255 e. The van der Waals surface area contributed by atoms with Gasteiger partial charge in [0.25, 0.3) is 5.91 Å². The van der Waals surface area contributed by atoms with Gasteiger partial charge in [-0.05, 0) is 101 Å². The van der Waals surface area contributed by atoms with Crippen LogP contribution in [0.4, 0.5) is 4.39 Å². The summed E-state index contributed by atoms with van der Waals surface area (Å²) in [6.45, 7) is 8.04. The van der Waals surface area contributed by atoms with Gasteiger partial charge in [-0.1, -0.05) is 0 Å². The van der Waals surface area contributed by atoms with E-state index in [0.717, 1.165) is 68.9 Å². The lowest BCUT2D eigenvalue weighted by Gasteiger charge is -2.34. The number of likely N-dealkylation sites (tertiary alicyclic amines) is 2. The predicted molar refractivity (Wildman–Crippen MR) is 129 cm³/mol. The zero-order valence-corrected chi connectivity index (χ0v) is 19.9. The molecule has 2 aliphatic rings. The van der Waals surface area contributed by atoms with E-state index in [1.165, 1.54) is 6.42 Å². The molecule has 2 aromatic rings. The highest BCUT2D eigenvalue weighted by atomic mass is 19.1. The number of nitrogens with zero attached hydrogens (tertiary/aromatic N) is 3. The highest BCUT2D eigenvalue weighted by Crippen LogP contribution is 2.24. The number of piperidine rings is 2. The van der Waals surface area contributed by atoms with Crippen LogP contribution in [0, 0.1) is 5.92 Å². The number of hydrogen-bond acceptors (Lipinski definition) is 4. The van der Waals surface area contributed by atoms with Crippen LogP contribution in [0.5, 0.6) is 5.75 Å². The minimum Gasteiger partial charge on any atom is -0.493 e. The van der Waals surface area contributed by atoms with Gasteiger partial charge in [0, 0.05) is 31.4 Å². The Morgan fingerprint density at radius 3 is 2.33 bits per heavy atom. The van der Waals surface area contributed by atoms with Gasteiger partial charge in [-0.3, -0.25) is 9.78 Å². The van der Waals surface area contributed by atoms with Crippen molar-refractivity contribution in [2.24, 2.45) is 5.92 Å². The number of ether oxygens (including phenoxy) is 1. The number of benzene rings is 1. The Bertz CT molecular complexity index is 894. The molecule has 0 aliphatic carbocycles. The van der Waals surface area contributed by atoms with Crippen LogP contribution >= 0.6 is 0 Å². The lowest BCUT2D eigenvalue weighted by Crippen LogP contribution is -2.41. The average molecular weight is 454 g/mol. The van der Waals surface area contributed by atoms with Gasteiger partial charge < -0.3 is 14.5 Å². The minimum atomic E-state index is -1.14. The van der Waals surface area contributed by atoms with Crippen LogP contribution in [0.3, 0.4) is 0 Å². The lowest BCUT2D eigenvalue weighted by atomic mass is 9.97. The fourth-order valence-corrected chi connectivity index (χ4v) is 4.75. The van der Waals surface area contributed by atoms with Crippen molar-refractivity contribution in [3.8, 4) is 17.0 Å². The molecule has 3 heterocycles. The van der Waals surface area contributed by atoms with Crippen LogP contribution < -0.4 is 4.74 Å². The van der Waals surface area contributed by atoms with E-state index in [1.54, 1.807) is 20.0 Å². The fraction of sp³-hybridized carbons (Fsp3) is 0.556. The Labute approximate surface area is 196 Å². The Morgan fingerprint density at radius 1 is 1.03 bits per heavy atom. The second-order valence-corrected chi connectivity index (χ2v) is 10.1. The Balaban J connectivity index is 1.26. The number of halogens is 1. The number of amides is 1. The van der Waals surface area contributed by atoms with Gasteiger partial charge in [0.05, 0.1) is 17.9 Å². The van der Waals surface area contributed by atoms with Crippen molar-refractivity contribution in [2.45, 2.75) is 51.6 Å². The molecule has 0 radical (unpaired) electrons. The maximum atomic E-state index is 13.8. The SMILES string of the molecule is CC(C)(F)CN1CCC(COc2ccc(-c3ccc(C(=O)N4CCCCC4)cn3)cc2)CC1. The molecule has 1 aromatic heterocycles. The molecule has 0 saturated carbocycles. The van der Waals surface area contributed by atoms with Gasteiger partial charge in [0.15, 0.2) is 0 Å². The third kappa shape index (κ3) is 6.76. The second-order valence-electron chi connectivity index (χ2n) is 10.1. The third-order valence-corrected chi connectivity index (χ3v) is 6.60. The third-order valence-electron chi connectivity index (χ3n) is 6.60. The van der Waals surface area contributed by atoms with Gasteiger partial charge in [-0.15, -0.1) is 0 Å². The number of carbonyl (C=O) groups excluding carboxylic acids is 1. The van der Waals surface area contributed by atoms with Gasteiger partial charge in [-0.2, -0.15) is 0 Å². The van der Waals surface area contributed by atoms with Gasteiger partial charge in [0.1, 0.15) is 11.4 Å². The van der Waals surface area contributed by atoms with Crippen molar-refractivity contribution in [3.05, 3.63) is 48.2 Å². The molecule has 4 rings (SSSR count). The summed E-state index contributed by atoms with van der Waals surface area (Å²) in [5, 5.41) is 0. The molecule has 1 aromatic carbocycles. The van der Waals surface area contributed by atoms with Gasteiger partial charge >= 0.3 is 0 Å². The van der Waals surface area contributed by atoms with Crippen LogP contribution in [-0.4, -0.2) is 65.7 Å². The number of rotatable bonds is 7. The molecular weight excluding hydrogens is 417 g/mol. The first kappa shape index (κ1) is 23.7. The maximum Gasteiger partial charge on any atom is 0.255 e. The van der Waals surface area contributed by atoms with E-state index in [9.17, 15) is 9.18 Å². The standard InChI is InChI=1S/C27H36FN3O2/c1-27(2,28)20-30-16-12-21(13-17-30)19-33-24-9-6-22(7-10-24)25-11-8-23(18-29-25)26(32)31-14-4-3-5-15-31/h6-11,18,21H,3-5,12-17,19-20H2,1-2H3. The van der Waals surface area contributed by atoms with Crippen LogP contribution in [0.25, 0.3) is 11.3 Å². The number of hydrogen-bond donors (Lipinski definition) is 0. The fourth-order valence-electron chi connectivity index (χ4n) is 4.75. The lowest BCUT2D eigenvalue weighted by molar-refractivity contribution is 0.0724. The molecular formula is C27H36FN3O2. The van der Waals surface area contributed by atoms with Crippen molar-refractivity contribution in [1.29, 1.82) is 0 Å². The normalized spacial score (nSPS) is 18.3. The average Bonchev–Trinajstić information content (AvgIpc) is 2.83. The van der Waals surface area contributed by atoms with E-state index in [1.807, 2.05) is 41.3 Å². The quantitative estimate of drug-likeness (QED) is 0.577. The van der Waals surface area contributed by atoms with E-state index in [4.69, 9.17) is 4.74 Å². The second kappa shape index (κ2) is 10.6. The number of alkyl halides is 1. The van der Waals surface area contributed by atoms with Crippen molar-refractivity contribution in [2.75, 3.05) is 39.3 Å². The highest BCUT2D eigenvalue weighted by molar-refractivity contribution is 5.94. The summed E-state index contributed by atoms with van der Waals surface area (Å²) in [6, 6.07) is 11.8. The van der Waals surface area contributed by atoms with Crippen molar-refractivity contribution >= 4 is 5.91 Å². The summed E-state index contributed by atoms with van der Waals surface area (Å²) in [6.07, 6.45) is 7.15. The molecule has 0 N–H and O–H groups in total. The number of aromatic nitrogens is 1. The Hall–Kier alpha value is -2.47. The summed E-state index contributed by atoms with van der Waals surface area (Å²) in [5.41, 5.74) is 1.37. The van der Waals surface area contributed by atoms with E-state index < -0.39 is 5.67 Å². The summed E-state index contributed by atoms with van der Waals surface area (Å²) in [7, 11) is 0. The zero-order valence-electron chi connectivity index (χ0n) is 19.9. The van der Waals surface area contributed by atoms with E-state index >= 15 is 0 Å². The first-order chi connectivity index (χ1) is 15.9. The molecule has 6 heteroatoms. The van der Waals surface area contributed by atoms with Crippen LogP contribution in [0.15, 0.2) is 42.6 Å². The summed E-state index contributed by atoms with van der Waals surface area (Å²) < 4.78 is 19.9. The molecule has 33 heavy (non-hydrogen) atoms. The molecule has 2 saturated heterocycles. The summed E-state index contributed by atoms with van der Waals surface area (Å²) in [4.78, 5) is 21.3. The van der Waals surface area contributed by atoms with Crippen molar-refractivity contribution < 1.29 is 13.9 Å². The highest BCUT2D eigenvalue weighted by Gasteiger charge is 2.25. The molecule has 0 spiro atoms. The Morgan fingerprint density at radius 2 is 1.73 bits per heavy atom. The molecule has 0 atom stereocenters. The van der Waals surface area contributed by atoms with Gasteiger partial charge in [-0.25, -0.2) is 4.39 Å². The monoisotopic (exact) mass is 453 g/mol. The summed E-state index contributed by atoms with van der Waals surface area (Å²) >= 11 is 0. The number of carbonyl (C=O) groups is 1. The minimum absolute atomic E-state index is 0.0803. The zero-order chi connectivity index (χ0) is 23.3. The maximum absolute atomic E-state index is 13.8. The van der Waals surface area contributed by atoms with Gasteiger partial charge in [0.2, 0.25) is 0 Å². The molecule has 2 fully saturated rings. The van der Waals surface area contributed by atoms with Crippen LogP contribution in [0.1, 0.15) is 56.3 Å². The van der Waals surface area contributed by atoms with Crippen molar-refractivity contribution in [1.82, 2.24) is 14.8 Å². The first-order valence-corrected chi connectivity index (χ1v) is 12.3. The largest absolute Gasteiger partial charge is 0.493 e. The van der Waals surface area contributed by atoms with Crippen LogP contribution in [-0.2, 0) is 0 Å².